The van der Waals surface area contributed by atoms with Crippen molar-refractivity contribution in [3.8, 4) is 11.5 Å². The molecule has 0 saturated carbocycles. The highest BCUT2D eigenvalue weighted by Crippen LogP contribution is 2.33. The van der Waals surface area contributed by atoms with Gasteiger partial charge in [0, 0.05) is 5.56 Å². The number of rotatable bonds is 2. The predicted octanol–water partition coefficient (Wildman–Crippen LogP) is 3.91. The lowest BCUT2D eigenvalue weighted by Gasteiger charge is -2.01. The zero-order valence-corrected chi connectivity index (χ0v) is 13.6. The van der Waals surface area contributed by atoms with Gasteiger partial charge < -0.3 is 14.2 Å². The summed E-state index contributed by atoms with van der Waals surface area (Å²) in [5, 5.41) is 2.16. The minimum Gasteiger partial charge on any atom is -0.454 e. The fourth-order valence-corrected chi connectivity index (χ4v) is 3.09. The molecular formula is C21H13NO4. The smallest absolute Gasteiger partial charge is 0.363 e. The number of benzene rings is 3. The molecule has 0 N–H and O–H groups in total. The van der Waals surface area contributed by atoms with Gasteiger partial charge in [-0.25, -0.2) is 9.79 Å². The number of ether oxygens (including phenoxy) is 3. The van der Waals surface area contributed by atoms with Gasteiger partial charge in [-0.05, 0) is 40.6 Å². The normalized spacial score (nSPS) is 16.8. The van der Waals surface area contributed by atoms with Crippen LogP contribution in [0.4, 0.5) is 0 Å². The summed E-state index contributed by atoms with van der Waals surface area (Å²) in [6, 6.07) is 19.3. The first kappa shape index (κ1) is 14.7. The zero-order valence-electron chi connectivity index (χ0n) is 13.6. The Morgan fingerprint density at radius 2 is 1.77 bits per heavy atom. The quantitative estimate of drug-likeness (QED) is 0.523. The number of nitrogens with zero attached hydrogens (tertiary/aromatic N) is 1. The van der Waals surface area contributed by atoms with Gasteiger partial charge in [-0.1, -0.05) is 42.5 Å². The van der Waals surface area contributed by atoms with E-state index in [1.54, 1.807) is 24.3 Å². The molecule has 5 heteroatoms. The van der Waals surface area contributed by atoms with Crippen LogP contribution in [-0.2, 0) is 9.53 Å². The van der Waals surface area contributed by atoms with E-state index in [9.17, 15) is 4.79 Å². The van der Waals surface area contributed by atoms with Gasteiger partial charge in [0.2, 0.25) is 12.7 Å². The number of fused-ring (bicyclic) bond motifs is 2. The Hall–Kier alpha value is -3.60. The summed E-state index contributed by atoms with van der Waals surface area (Å²) in [6.07, 6.45) is 1.75. The molecule has 2 aliphatic heterocycles. The van der Waals surface area contributed by atoms with E-state index < -0.39 is 5.97 Å². The van der Waals surface area contributed by atoms with Gasteiger partial charge in [0.1, 0.15) is 0 Å². The van der Waals surface area contributed by atoms with Crippen molar-refractivity contribution in [2.24, 2.45) is 4.99 Å². The largest absolute Gasteiger partial charge is 0.454 e. The van der Waals surface area contributed by atoms with Gasteiger partial charge in [-0.3, -0.25) is 0 Å². The molecule has 3 aromatic carbocycles. The lowest BCUT2D eigenvalue weighted by molar-refractivity contribution is -0.129. The number of carbonyl (C=O) groups is 1. The van der Waals surface area contributed by atoms with Crippen molar-refractivity contribution in [3.05, 3.63) is 77.5 Å². The molecule has 0 aliphatic carbocycles. The highest BCUT2D eigenvalue weighted by atomic mass is 16.7. The number of hydrogen-bond donors (Lipinski definition) is 0. The Balaban J connectivity index is 1.55. The SMILES string of the molecule is O=C1OC(c2ccc3c(c2)OCO3)=NC1=Cc1cccc2ccccc12. The first-order valence-corrected chi connectivity index (χ1v) is 8.18. The van der Waals surface area contributed by atoms with Gasteiger partial charge in [0.05, 0.1) is 0 Å². The lowest BCUT2D eigenvalue weighted by Crippen LogP contribution is -2.05. The summed E-state index contributed by atoms with van der Waals surface area (Å²) < 4.78 is 16.0. The fraction of sp³-hybridized carbons (Fsp3) is 0.0476. The van der Waals surface area contributed by atoms with Gasteiger partial charge >= 0.3 is 5.97 Å². The number of aliphatic imine (C=N–C) groups is 1. The summed E-state index contributed by atoms with van der Waals surface area (Å²) in [5.41, 5.74) is 1.86. The van der Waals surface area contributed by atoms with Crippen LogP contribution in [0.5, 0.6) is 11.5 Å². The van der Waals surface area contributed by atoms with Crippen LogP contribution in [0.15, 0.2) is 71.4 Å². The van der Waals surface area contributed by atoms with E-state index in [1.165, 1.54) is 0 Å². The Morgan fingerprint density at radius 3 is 2.73 bits per heavy atom. The molecule has 0 radical (unpaired) electrons. The Bertz CT molecular complexity index is 1110. The maximum Gasteiger partial charge on any atom is 0.363 e. The summed E-state index contributed by atoms with van der Waals surface area (Å²) in [5.74, 6) is 1.09. The van der Waals surface area contributed by atoms with E-state index in [0.717, 1.165) is 16.3 Å². The van der Waals surface area contributed by atoms with Crippen LogP contribution in [0, 0.1) is 0 Å². The summed E-state index contributed by atoms with van der Waals surface area (Å²) in [7, 11) is 0. The molecule has 0 fully saturated rings. The topological polar surface area (TPSA) is 57.1 Å². The first-order chi connectivity index (χ1) is 12.8. The third kappa shape index (κ3) is 2.41. The maximum absolute atomic E-state index is 12.3. The van der Waals surface area contributed by atoms with Crippen molar-refractivity contribution in [3.63, 3.8) is 0 Å². The van der Waals surface area contributed by atoms with Crippen LogP contribution in [0.1, 0.15) is 11.1 Å². The molecule has 26 heavy (non-hydrogen) atoms. The van der Waals surface area contributed by atoms with E-state index in [0.29, 0.717) is 17.1 Å². The Kier molecular flexibility index (Phi) is 3.25. The highest BCUT2D eigenvalue weighted by Gasteiger charge is 2.26. The lowest BCUT2D eigenvalue weighted by atomic mass is 10.0. The van der Waals surface area contributed by atoms with Crippen LogP contribution in [0.3, 0.4) is 0 Å². The maximum atomic E-state index is 12.3. The van der Waals surface area contributed by atoms with E-state index in [2.05, 4.69) is 4.99 Å². The molecule has 3 aromatic rings. The van der Waals surface area contributed by atoms with Crippen LogP contribution >= 0.6 is 0 Å². The second kappa shape index (κ2) is 5.74. The van der Waals surface area contributed by atoms with Crippen LogP contribution in [-0.4, -0.2) is 18.7 Å². The van der Waals surface area contributed by atoms with Gasteiger partial charge in [0.15, 0.2) is 17.2 Å². The molecule has 0 unspecified atom stereocenters. The molecule has 0 spiro atoms. The predicted molar refractivity (Wildman–Crippen MR) is 97.1 cm³/mol. The second-order valence-corrected chi connectivity index (χ2v) is 5.97. The first-order valence-electron chi connectivity index (χ1n) is 8.18. The number of cyclic esters (lactones) is 1. The number of carbonyl (C=O) groups excluding carboxylic acids is 1. The zero-order chi connectivity index (χ0) is 17.5. The molecule has 126 valence electrons. The standard InChI is InChI=1S/C21H13NO4/c23-21-17(10-14-6-3-5-13-4-1-2-7-16(13)14)22-20(26-21)15-8-9-18-19(11-15)25-12-24-18/h1-11H,12H2. The highest BCUT2D eigenvalue weighted by molar-refractivity contribution is 6.13. The van der Waals surface area contributed by atoms with E-state index >= 15 is 0 Å². The van der Waals surface area contributed by atoms with Crippen LogP contribution < -0.4 is 9.47 Å². The van der Waals surface area contributed by atoms with Gasteiger partial charge in [-0.15, -0.1) is 0 Å². The molecule has 2 aliphatic rings. The van der Waals surface area contributed by atoms with Crippen molar-refractivity contribution in [2.45, 2.75) is 0 Å². The Labute approximate surface area is 149 Å². The van der Waals surface area contributed by atoms with Gasteiger partial charge in [-0.2, -0.15) is 0 Å². The van der Waals surface area contributed by atoms with E-state index in [-0.39, 0.29) is 18.4 Å². The molecule has 0 aromatic heterocycles. The molecule has 0 bridgehead atoms. The minimum absolute atomic E-state index is 0.192. The summed E-state index contributed by atoms with van der Waals surface area (Å²) >= 11 is 0. The average Bonchev–Trinajstić information content (AvgIpc) is 3.28. The molecule has 0 atom stereocenters. The number of esters is 1. The molecule has 5 nitrogen and oxygen atoms in total. The van der Waals surface area contributed by atoms with Crippen molar-refractivity contribution >= 4 is 28.7 Å². The second-order valence-electron chi connectivity index (χ2n) is 5.97. The molecule has 0 saturated heterocycles. The van der Waals surface area contributed by atoms with Crippen molar-refractivity contribution in [1.29, 1.82) is 0 Å². The van der Waals surface area contributed by atoms with Crippen LogP contribution in [0.2, 0.25) is 0 Å². The Morgan fingerprint density at radius 1 is 0.923 bits per heavy atom. The monoisotopic (exact) mass is 343 g/mol. The van der Waals surface area contributed by atoms with Gasteiger partial charge in [0.25, 0.3) is 0 Å². The van der Waals surface area contributed by atoms with Crippen LogP contribution in [0.25, 0.3) is 16.8 Å². The van der Waals surface area contributed by atoms with E-state index in [1.807, 2.05) is 42.5 Å². The van der Waals surface area contributed by atoms with Crippen molar-refractivity contribution < 1.29 is 19.0 Å². The molecule has 0 amide bonds. The number of hydrogen-bond acceptors (Lipinski definition) is 5. The molecule has 2 heterocycles. The third-order valence-corrected chi connectivity index (χ3v) is 4.36. The summed E-state index contributed by atoms with van der Waals surface area (Å²) in [4.78, 5) is 16.6. The minimum atomic E-state index is -0.467. The molecule has 5 rings (SSSR count). The fourth-order valence-electron chi connectivity index (χ4n) is 3.09. The average molecular weight is 343 g/mol. The van der Waals surface area contributed by atoms with E-state index in [4.69, 9.17) is 14.2 Å². The van der Waals surface area contributed by atoms with Crippen molar-refractivity contribution in [2.75, 3.05) is 6.79 Å². The third-order valence-electron chi connectivity index (χ3n) is 4.36. The summed E-state index contributed by atoms with van der Waals surface area (Å²) in [6.45, 7) is 0.192. The molecular weight excluding hydrogens is 330 g/mol. The van der Waals surface area contributed by atoms with Crippen molar-refractivity contribution in [1.82, 2.24) is 0 Å².